The highest BCUT2D eigenvalue weighted by Crippen LogP contribution is 2.29. The van der Waals surface area contributed by atoms with Crippen LogP contribution in [-0.4, -0.2) is 12.0 Å². The molecule has 3 aromatic rings. The molecule has 21 heavy (non-hydrogen) atoms. The molecular weight excluding hydrogens is 331 g/mol. The third kappa shape index (κ3) is 2.76. The fourth-order valence-electron chi connectivity index (χ4n) is 2.33. The number of nitrogens with zero attached hydrogens (tertiary/aromatic N) is 2. The van der Waals surface area contributed by atoms with Gasteiger partial charge >= 0.3 is 0 Å². The van der Waals surface area contributed by atoms with Crippen LogP contribution in [-0.2, 0) is 5.33 Å². The van der Waals surface area contributed by atoms with Gasteiger partial charge in [0, 0.05) is 29.0 Å². The highest BCUT2D eigenvalue weighted by Gasteiger charge is 2.12. The maximum absolute atomic E-state index is 13.1. The Morgan fingerprint density at radius 1 is 1.10 bits per heavy atom. The van der Waals surface area contributed by atoms with Crippen molar-refractivity contribution in [3.8, 4) is 0 Å². The maximum atomic E-state index is 13.1. The Labute approximate surface area is 131 Å². The Balaban J connectivity index is 2.11. The Hall–Kier alpha value is -1.94. The van der Waals surface area contributed by atoms with E-state index < -0.39 is 0 Å². The molecular formula is C17H14BrFN2. The molecule has 106 valence electrons. The number of pyridine rings is 1. The van der Waals surface area contributed by atoms with E-state index in [1.54, 1.807) is 12.1 Å². The van der Waals surface area contributed by atoms with Gasteiger partial charge in [-0.3, -0.25) is 0 Å². The van der Waals surface area contributed by atoms with E-state index in [-0.39, 0.29) is 5.82 Å². The number of aromatic nitrogens is 1. The van der Waals surface area contributed by atoms with Crippen molar-refractivity contribution in [2.75, 3.05) is 11.9 Å². The maximum Gasteiger partial charge on any atom is 0.137 e. The van der Waals surface area contributed by atoms with Gasteiger partial charge in [-0.05, 0) is 36.4 Å². The van der Waals surface area contributed by atoms with Gasteiger partial charge in [-0.15, -0.1) is 0 Å². The second kappa shape index (κ2) is 5.82. The molecule has 4 heteroatoms. The predicted octanol–water partition coefficient (Wildman–Crippen LogP) is 5.04. The molecule has 0 amide bonds. The van der Waals surface area contributed by atoms with Crippen LogP contribution in [0.1, 0.15) is 5.56 Å². The number of alkyl halides is 1. The molecule has 2 nitrogen and oxygen atoms in total. The Morgan fingerprint density at radius 3 is 2.52 bits per heavy atom. The van der Waals surface area contributed by atoms with E-state index in [0.29, 0.717) is 5.33 Å². The van der Waals surface area contributed by atoms with Gasteiger partial charge in [-0.2, -0.15) is 0 Å². The van der Waals surface area contributed by atoms with Crippen LogP contribution in [0.4, 0.5) is 15.9 Å². The van der Waals surface area contributed by atoms with E-state index in [2.05, 4.69) is 28.1 Å². The Bertz CT molecular complexity index is 771. The molecule has 0 saturated carbocycles. The lowest BCUT2D eigenvalue weighted by molar-refractivity contribution is 0.628. The zero-order valence-corrected chi connectivity index (χ0v) is 13.1. The first-order valence-corrected chi connectivity index (χ1v) is 7.75. The molecule has 0 bridgehead atoms. The van der Waals surface area contributed by atoms with Gasteiger partial charge in [0.25, 0.3) is 0 Å². The highest BCUT2D eigenvalue weighted by molar-refractivity contribution is 9.08. The SMILES string of the molecule is CN(c1ccc(F)cc1)c1nc2ccccc2cc1CBr. The molecule has 0 unspecified atom stereocenters. The van der Waals surface area contributed by atoms with Crippen molar-refractivity contribution in [3.05, 3.63) is 66.0 Å². The van der Waals surface area contributed by atoms with E-state index in [9.17, 15) is 4.39 Å². The van der Waals surface area contributed by atoms with Crippen LogP contribution in [0.5, 0.6) is 0 Å². The van der Waals surface area contributed by atoms with E-state index in [1.807, 2.05) is 30.1 Å². The minimum Gasteiger partial charge on any atom is -0.329 e. The van der Waals surface area contributed by atoms with Crippen LogP contribution in [0.2, 0.25) is 0 Å². The van der Waals surface area contributed by atoms with Crippen molar-refractivity contribution in [1.82, 2.24) is 4.98 Å². The zero-order chi connectivity index (χ0) is 14.8. The van der Waals surface area contributed by atoms with Crippen molar-refractivity contribution >= 4 is 38.3 Å². The van der Waals surface area contributed by atoms with Crippen LogP contribution in [0.3, 0.4) is 0 Å². The first-order chi connectivity index (χ1) is 10.2. The number of para-hydroxylation sites is 1. The molecule has 3 rings (SSSR count). The summed E-state index contributed by atoms with van der Waals surface area (Å²) in [5.74, 6) is 0.636. The lowest BCUT2D eigenvalue weighted by Gasteiger charge is -2.21. The summed E-state index contributed by atoms with van der Waals surface area (Å²) in [6.45, 7) is 0. The number of halogens is 2. The normalized spacial score (nSPS) is 10.8. The topological polar surface area (TPSA) is 16.1 Å². The lowest BCUT2D eigenvalue weighted by Crippen LogP contribution is -2.13. The first kappa shape index (κ1) is 14.0. The summed E-state index contributed by atoms with van der Waals surface area (Å²) < 4.78 is 13.1. The van der Waals surface area contributed by atoms with Crippen molar-refractivity contribution < 1.29 is 4.39 Å². The van der Waals surface area contributed by atoms with Crippen molar-refractivity contribution in [2.24, 2.45) is 0 Å². The van der Waals surface area contributed by atoms with Crippen molar-refractivity contribution in [1.29, 1.82) is 0 Å². The van der Waals surface area contributed by atoms with Gasteiger partial charge in [0.05, 0.1) is 5.52 Å². The summed E-state index contributed by atoms with van der Waals surface area (Å²) >= 11 is 3.52. The van der Waals surface area contributed by atoms with Crippen LogP contribution in [0.25, 0.3) is 10.9 Å². The third-order valence-electron chi connectivity index (χ3n) is 3.46. The van der Waals surface area contributed by atoms with Gasteiger partial charge in [0.15, 0.2) is 0 Å². The molecule has 0 N–H and O–H groups in total. The van der Waals surface area contributed by atoms with E-state index in [4.69, 9.17) is 4.98 Å². The first-order valence-electron chi connectivity index (χ1n) is 6.63. The van der Waals surface area contributed by atoms with Crippen LogP contribution in [0.15, 0.2) is 54.6 Å². The third-order valence-corrected chi connectivity index (χ3v) is 4.06. The fraction of sp³-hybridized carbons (Fsp3) is 0.118. The van der Waals surface area contributed by atoms with Crippen LogP contribution < -0.4 is 4.90 Å². The van der Waals surface area contributed by atoms with Crippen LogP contribution >= 0.6 is 15.9 Å². The zero-order valence-electron chi connectivity index (χ0n) is 11.6. The molecule has 0 aliphatic heterocycles. The van der Waals surface area contributed by atoms with E-state index in [1.165, 1.54) is 12.1 Å². The molecule has 0 aliphatic carbocycles. The number of hydrogen-bond acceptors (Lipinski definition) is 2. The summed E-state index contributed by atoms with van der Waals surface area (Å²) in [5, 5.41) is 1.83. The molecule has 0 fully saturated rings. The minimum absolute atomic E-state index is 0.237. The van der Waals surface area contributed by atoms with Gasteiger partial charge in [0.1, 0.15) is 11.6 Å². The molecule has 1 aromatic heterocycles. The van der Waals surface area contributed by atoms with Gasteiger partial charge in [0.2, 0.25) is 0 Å². The molecule has 0 radical (unpaired) electrons. The van der Waals surface area contributed by atoms with Crippen LogP contribution in [0, 0.1) is 5.82 Å². The smallest absolute Gasteiger partial charge is 0.137 e. The molecule has 2 aromatic carbocycles. The molecule has 0 spiro atoms. The largest absolute Gasteiger partial charge is 0.329 e. The van der Waals surface area contributed by atoms with Crippen molar-refractivity contribution in [2.45, 2.75) is 5.33 Å². The summed E-state index contributed by atoms with van der Waals surface area (Å²) in [7, 11) is 1.94. The predicted molar refractivity (Wildman–Crippen MR) is 88.8 cm³/mol. The number of fused-ring (bicyclic) bond motifs is 1. The average molecular weight is 345 g/mol. The molecule has 1 heterocycles. The van der Waals surface area contributed by atoms with Crippen molar-refractivity contribution in [3.63, 3.8) is 0 Å². The number of benzene rings is 2. The number of hydrogen-bond donors (Lipinski definition) is 0. The monoisotopic (exact) mass is 344 g/mol. The Kier molecular flexibility index (Phi) is 3.88. The lowest BCUT2D eigenvalue weighted by atomic mass is 10.1. The second-order valence-corrected chi connectivity index (χ2v) is 5.39. The minimum atomic E-state index is -0.237. The molecule has 0 atom stereocenters. The average Bonchev–Trinajstić information content (AvgIpc) is 2.53. The highest BCUT2D eigenvalue weighted by atomic mass is 79.9. The summed E-state index contributed by atoms with van der Waals surface area (Å²) in [5.41, 5.74) is 2.95. The van der Waals surface area contributed by atoms with Gasteiger partial charge < -0.3 is 4.90 Å². The summed E-state index contributed by atoms with van der Waals surface area (Å²) in [6.07, 6.45) is 0. The van der Waals surface area contributed by atoms with E-state index >= 15 is 0 Å². The second-order valence-electron chi connectivity index (χ2n) is 4.83. The van der Waals surface area contributed by atoms with Gasteiger partial charge in [-0.25, -0.2) is 9.37 Å². The van der Waals surface area contributed by atoms with E-state index in [0.717, 1.165) is 28.0 Å². The standard InChI is InChI=1S/C17H14BrFN2/c1-21(15-8-6-14(19)7-9-15)17-13(11-18)10-12-4-2-3-5-16(12)20-17/h2-10H,11H2,1H3. The summed E-state index contributed by atoms with van der Waals surface area (Å²) in [6, 6.07) is 16.6. The number of rotatable bonds is 3. The fourth-order valence-corrected chi connectivity index (χ4v) is 2.74. The number of anilines is 2. The quantitative estimate of drug-likeness (QED) is 0.619. The van der Waals surface area contributed by atoms with Gasteiger partial charge in [-0.1, -0.05) is 34.1 Å². The Morgan fingerprint density at radius 2 is 1.81 bits per heavy atom. The summed E-state index contributed by atoms with van der Waals surface area (Å²) in [4.78, 5) is 6.72. The molecule has 0 aliphatic rings. The molecule has 0 saturated heterocycles.